The van der Waals surface area contributed by atoms with Crippen molar-refractivity contribution >= 4 is 11.9 Å². The molecule has 1 aromatic rings. The lowest BCUT2D eigenvalue weighted by molar-refractivity contribution is 0.0482. The third-order valence-electron chi connectivity index (χ3n) is 6.13. The Balaban J connectivity index is 2.01. The number of esters is 2. The molecular formula is C29H49NO4. The second-order valence-electron chi connectivity index (χ2n) is 9.34. The van der Waals surface area contributed by atoms with Gasteiger partial charge in [-0.1, -0.05) is 123 Å². The Morgan fingerprint density at radius 2 is 0.882 bits per heavy atom. The van der Waals surface area contributed by atoms with Crippen molar-refractivity contribution in [3.05, 3.63) is 29.6 Å². The third-order valence-corrected chi connectivity index (χ3v) is 6.13. The maximum Gasteiger partial charge on any atom is 0.356 e. The van der Waals surface area contributed by atoms with Crippen LogP contribution in [-0.2, 0) is 9.47 Å². The summed E-state index contributed by atoms with van der Waals surface area (Å²) < 4.78 is 10.5. The standard InChI is InChI=1S/C29H49NO4/c1-3-5-7-8-9-10-11-12-13-14-15-16-17-18-20-25-34-29(32)27-23-21-22-26(30-27)28(31)33-24-19-6-4-2/h21-23H,3-20,24-25H2,1-2H3. The summed E-state index contributed by atoms with van der Waals surface area (Å²) in [6, 6.07) is 4.77. The zero-order valence-corrected chi connectivity index (χ0v) is 22.0. The van der Waals surface area contributed by atoms with Gasteiger partial charge in [-0.2, -0.15) is 0 Å². The van der Waals surface area contributed by atoms with Gasteiger partial charge in [0.1, 0.15) is 11.4 Å². The molecule has 0 atom stereocenters. The summed E-state index contributed by atoms with van der Waals surface area (Å²) in [6.45, 7) is 5.13. The lowest BCUT2D eigenvalue weighted by Gasteiger charge is -2.07. The molecule has 0 aliphatic rings. The molecule has 1 aromatic heterocycles. The van der Waals surface area contributed by atoms with E-state index in [0.717, 1.165) is 32.1 Å². The largest absolute Gasteiger partial charge is 0.461 e. The number of carbonyl (C=O) groups is 2. The predicted molar refractivity (Wildman–Crippen MR) is 139 cm³/mol. The van der Waals surface area contributed by atoms with E-state index >= 15 is 0 Å². The van der Waals surface area contributed by atoms with Crippen LogP contribution in [-0.4, -0.2) is 30.1 Å². The second kappa shape index (κ2) is 21.6. The van der Waals surface area contributed by atoms with Crippen LogP contribution in [0.5, 0.6) is 0 Å². The second-order valence-corrected chi connectivity index (χ2v) is 9.34. The molecule has 0 aliphatic carbocycles. The lowest BCUT2D eigenvalue weighted by Crippen LogP contribution is -2.13. The number of unbranched alkanes of at least 4 members (excludes halogenated alkanes) is 16. The SMILES string of the molecule is CCCCCCCCCCCCCCCCCOC(=O)c1cccc(C(=O)OCCCCC)n1. The van der Waals surface area contributed by atoms with Crippen LogP contribution in [0.15, 0.2) is 18.2 Å². The van der Waals surface area contributed by atoms with E-state index in [0.29, 0.717) is 13.2 Å². The first-order valence-electron chi connectivity index (χ1n) is 14.0. The zero-order chi connectivity index (χ0) is 24.7. The highest BCUT2D eigenvalue weighted by Gasteiger charge is 2.14. The van der Waals surface area contributed by atoms with E-state index in [1.807, 2.05) is 0 Å². The van der Waals surface area contributed by atoms with Crippen molar-refractivity contribution in [1.82, 2.24) is 4.98 Å². The van der Waals surface area contributed by atoms with Crippen LogP contribution < -0.4 is 0 Å². The Morgan fingerprint density at radius 1 is 0.559 bits per heavy atom. The van der Waals surface area contributed by atoms with Crippen LogP contribution in [0.4, 0.5) is 0 Å². The monoisotopic (exact) mass is 475 g/mol. The number of hydrogen-bond donors (Lipinski definition) is 0. The van der Waals surface area contributed by atoms with Gasteiger partial charge in [-0.25, -0.2) is 14.6 Å². The average molecular weight is 476 g/mol. The Bertz CT molecular complexity index is 647. The van der Waals surface area contributed by atoms with Gasteiger partial charge in [0.25, 0.3) is 0 Å². The van der Waals surface area contributed by atoms with Crippen molar-refractivity contribution in [2.24, 2.45) is 0 Å². The van der Waals surface area contributed by atoms with E-state index in [4.69, 9.17) is 9.47 Å². The average Bonchev–Trinajstić information content (AvgIpc) is 2.86. The van der Waals surface area contributed by atoms with Gasteiger partial charge < -0.3 is 9.47 Å². The lowest BCUT2D eigenvalue weighted by atomic mass is 10.0. The minimum atomic E-state index is -0.492. The first kappa shape index (κ1) is 30.1. The Kier molecular flexibility index (Phi) is 19.1. The first-order valence-corrected chi connectivity index (χ1v) is 14.0. The third kappa shape index (κ3) is 15.8. The van der Waals surface area contributed by atoms with E-state index < -0.39 is 11.9 Å². The maximum atomic E-state index is 12.2. The van der Waals surface area contributed by atoms with Crippen molar-refractivity contribution in [2.45, 2.75) is 129 Å². The van der Waals surface area contributed by atoms with E-state index in [-0.39, 0.29) is 11.4 Å². The quantitative estimate of drug-likeness (QED) is 0.124. The summed E-state index contributed by atoms with van der Waals surface area (Å²) in [6.07, 6.45) is 22.5. The molecule has 1 heterocycles. The summed E-state index contributed by atoms with van der Waals surface area (Å²) >= 11 is 0. The predicted octanol–water partition coefficient (Wildman–Crippen LogP) is 8.46. The fraction of sp³-hybridized carbons (Fsp3) is 0.759. The summed E-state index contributed by atoms with van der Waals surface area (Å²) in [7, 11) is 0. The number of ether oxygens (including phenoxy) is 2. The fourth-order valence-corrected chi connectivity index (χ4v) is 3.97. The van der Waals surface area contributed by atoms with Crippen molar-refractivity contribution in [1.29, 1.82) is 0 Å². The Hall–Kier alpha value is -1.91. The molecule has 0 radical (unpaired) electrons. The van der Waals surface area contributed by atoms with Gasteiger partial charge in [0.15, 0.2) is 0 Å². The molecule has 0 saturated heterocycles. The molecule has 0 N–H and O–H groups in total. The highest BCUT2D eigenvalue weighted by atomic mass is 16.5. The van der Waals surface area contributed by atoms with Crippen LogP contribution in [0.3, 0.4) is 0 Å². The Labute approximate surface area is 208 Å². The summed E-state index contributed by atoms with van der Waals surface area (Å²) in [4.78, 5) is 28.4. The van der Waals surface area contributed by atoms with Gasteiger partial charge in [0.05, 0.1) is 13.2 Å². The van der Waals surface area contributed by atoms with Crippen molar-refractivity contribution in [3.63, 3.8) is 0 Å². The molecule has 0 aliphatic heterocycles. The van der Waals surface area contributed by atoms with E-state index in [1.165, 1.54) is 83.5 Å². The van der Waals surface area contributed by atoms with Crippen LogP contribution in [0.25, 0.3) is 0 Å². The normalized spacial score (nSPS) is 10.9. The van der Waals surface area contributed by atoms with Crippen LogP contribution in [0.2, 0.25) is 0 Å². The molecule has 0 amide bonds. The number of carbonyl (C=O) groups excluding carboxylic acids is 2. The molecular weight excluding hydrogens is 426 g/mol. The first-order chi connectivity index (χ1) is 16.7. The number of aromatic nitrogens is 1. The topological polar surface area (TPSA) is 65.5 Å². The molecule has 34 heavy (non-hydrogen) atoms. The van der Waals surface area contributed by atoms with Gasteiger partial charge in [0, 0.05) is 0 Å². The molecule has 0 saturated carbocycles. The summed E-state index contributed by atoms with van der Waals surface area (Å²) in [5.41, 5.74) is 0.307. The van der Waals surface area contributed by atoms with E-state index in [1.54, 1.807) is 18.2 Å². The van der Waals surface area contributed by atoms with E-state index in [2.05, 4.69) is 18.8 Å². The molecule has 0 unspecified atom stereocenters. The van der Waals surface area contributed by atoms with Gasteiger partial charge in [-0.05, 0) is 25.0 Å². The molecule has 0 fully saturated rings. The highest BCUT2D eigenvalue weighted by Crippen LogP contribution is 2.13. The van der Waals surface area contributed by atoms with Crippen LogP contribution >= 0.6 is 0 Å². The van der Waals surface area contributed by atoms with E-state index in [9.17, 15) is 9.59 Å². The Morgan fingerprint density at radius 3 is 1.29 bits per heavy atom. The molecule has 5 heteroatoms. The van der Waals surface area contributed by atoms with Crippen LogP contribution in [0.1, 0.15) is 150 Å². The molecule has 0 spiro atoms. The van der Waals surface area contributed by atoms with Crippen molar-refractivity contribution < 1.29 is 19.1 Å². The number of nitrogens with zero attached hydrogens (tertiary/aromatic N) is 1. The molecule has 5 nitrogen and oxygen atoms in total. The fourth-order valence-electron chi connectivity index (χ4n) is 3.97. The van der Waals surface area contributed by atoms with Crippen LogP contribution in [0, 0.1) is 0 Å². The minimum Gasteiger partial charge on any atom is -0.461 e. The molecule has 194 valence electrons. The van der Waals surface area contributed by atoms with Gasteiger partial charge >= 0.3 is 11.9 Å². The molecule has 1 rings (SSSR count). The number of hydrogen-bond acceptors (Lipinski definition) is 5. The summed E-state index contributed by atoms with van der Waals surface area (Å²) in [5.74, 6) is -0.973. The van der Waals surface area contributed by atoms with Crippen molar-refractivity contribution in [2.75, 3.05) is 13.2 Å². The smallest absolute Gasteiger partial charge is 0.356 e. The van der Waals surface area contributed by atoms with Gasteiger partial charge in [-0.3, -0.25) is 0 Å². The highest BCUT2D eigenvalue weighted by molar-refractivity contribution is 5.91. The molecule has 0 aromatic carbocycles. The minimum absolute atomic E-state index is 0.151. The summed E-state index contributed by atoms with van der Waals surface area (Å²) in [5, 5.41) is 0. The van der Waals surface area contributed by atoms with Crippen molar-refractivity contribution in [3.8, 4) is 0 Å². The number of rotatable bonds is 22. The molecule has 0 bridgehead atoms. The van der Waals surface area contributed by atoms with Gasteiger partial charge in [-0.15, -0.1) is 0 Å². The maximum absolute atomic E-state index is 12.2. The zero-order valence-electron chi connectivity index (χ0n) is 22.0. The number of pyridine rings is 1. The van der Waals surface area contributed by atoms with Gasteiger partial charge in [0.2, 0.25) is 0 Å².